The van der Waals surface area contributed by atoms with Crippen molar-refractivity contribution in [3.63, 3.8) is 0 Å². The minimum Gasteiger partial charge on any atom is -0.345 e. The fraction of sp³-hybridized carbons (Fsp3) is 0.0952. The second kappa shape index (κ2) is 7.51. The van der Waals surface area contributed by atoms with Gasteiger partial charge in [-0.2, -0.15) is 0 Å². The number of halogens is 2. The van der Waals surface area contributed by atoms with Gasteiger partial charge < -0.3 is 4.98 Å². The molecule has 0 radical (unpaired) electrons. The van der Waals surface area contributed by atoms with Crippen LogP contribution in [0.3, 0.4) is 0 Å². The number of hydrogen-bond acceptors (Lipinski definition) is 3. The van der Waals surface area contributed by atoms with Crippen LogP contribution < -0.4 is 0 Å². The first-order valence-electron chi connectivity index (χ1n) is 8.48. The minimum absolute atomic E-state index is 0.170. The summed E-state index contributed by atoms with van der Waals surface area (Å²) in [6.45, 7) is 0. The maximum absolute atomic E-state index is 12.9. The van der Waals surface area contributed by atoms with Crippen molar-refractivity contribution in [2.24, 2.45) is 0 Å². The van der Waals surface area contributed by atoms with Crippen LogP contribution in [0.4, 0.5) is 0 Å². The molecule has 0 unspecified atom stereocenters. The summed E-state index contributed by atoms with van der Waals surface area (Å²) in [6.07, 6.45) is 4.89. The number of fused-ring (bicyclic) bond motifs is 1. The molecular weight excluding hydrogens is 381 g/mol. The van der Waals surface area contributed by atoms with Gasteiger partial charge in [-0.05, 0) is 54.8 Å². The number of carbonyl (C=O) groups excluding carboxylic acids is 1. The van der Waals surface area contributed by atoms with Gasteiger partial charge in [-0.3, -0.25) is 4.79 Å². The van der Waals surface area contributed by atoms with E-state index in [1.54, 1.807) is 24.5 Å². The molecule has 0 atom stereocenters. The van der Waals surface area contributed by atoms with Crippen LogP contribution in [0, 0.1) is 0 Å². The van der Waals surface area contributed by atoms with Crippen molar-refractivity contribution in [3.8, 4) is 0 Å². The summed E-state index contributed by atoms with van der Waals surface area (Å²) in [5, 5.41) is 1.70. The number of hydrogen-bond donors (Lipinski definition) is 1. The Morgan fingerprint density at radius 2 is 1.78 bits per heavy atom. The molecule has 0 aliphatic heterocycles. The summed E-state index contributed by atoms with van der Waals surface area (Å²) in [5.41, 5.74) is 3.60. The highest BCUT2D eigenvalue weighted by atomic mass is 35.5. The summed E-state index contributed by atoms with van der Waals surface area (Å²) in [5.74, 6) is -0.170. The summed E-state index contributed by atoms with van der Waals surface area (Å²) in [6, 6.07) is 15.0. The van der Waals surface area contributed by atoms with Gasteiger partial charge in [-0.15, -0.1) is 0 Å². The molecule has 0 amide bonds. The number of H-pyrrole nitrogens is 1. The molecule has 1 N–H and O–H groups in total. The van der Waals surface area contributed by atoms with E-state index in [0.29, 0.717) is 16.8 Å². The van der Waals surface area contributed by atoms with E-state index < -0.39 is 0 Å². The molecule has 0 fully saturated rings. The molecule has 0 saturated heterocycles. The lowest BCUT2D eigenvalue weighted by molar-refractivity contribution is 0.104. The van der Waals surface area contributed by atoms with Crippen LogP contribution >= 0.6 is 23.2 Å². The highest BCUT2D eigenvalue weighted by Gasteiger charge is 2.18. The Labute approximate surface area is 166 Å². The van der Waals surface area contributed by atoms with Crippen LogP contribution in [-0.4, -0.2) is 20.7 Å². The number of pyridine rings is 2. The van der Waals surface area contributed by atoms with Crippen molar-refractivity contribution in [1.29, 1.82) is 0 Å². The largest absolute Gasteiger partial charge is 0.345 e. The van der Waals surface area contributed by atoms with E-state index in [0.717, 1.165) is 28.9 Å². The highest BCUT2D eigenvalue weighted by Crippen LogP contribution is 2.23. The van der Waals surface area contributed by atoms with Gasteiger partial charge in [0.05, 0.1) is 5.56 Å². The number of rotatable bonds is 5. The van der Waals surface area contributed by atoms with Crippen molar-refractivity contribution in [2.75, 3.05) is 0 Å². The maximum Gasteiger partial charge on any atom is 0.198 e. The Bertz CT molecular complexity index is 1120. The molecule has 4 nitrogen and oxygen atoms in total. The molecule has 1 aromatic carbocycles. The molecule has 0 spiro atoms. The lowest BCUT2D eigenvalue weighted by Crippen LogP contribution is -2.04. The van der Waals surface area contributed by atoms with E-state index in [9.17, 15) is 4.79 Å². The normalized spacial score (nSPS) is 11.0. The number of benzene rings is 1. The lowest BCUT2D eigenvalue weighted by Gasteiger charge is -2.06. The Morgan fingerprint density at radius 3 is 2.56 bits per heavy atom. The van der Waals surface area contributed by atoms with E-state index in [-0.39, 0.29) is 10.9 Å². The molecule has 4 aromatic rings. The van der Waals surface area contributed by atoms with Crippen LogP contribution in [-0.2, 0) is 12.8 Å². The standard InChI is InChI=1S/C21H15Cl2N3O/c22-14-6-3-13(4-7-14)5-8-15-9-10-17(20(23)26-15)19(27)18-12-25-21-16(18)2-1-11-24-21/h1-4,6-7,9-12H,5,8H2,(H,24,25). The Hall–Kier alpha value is -2.69. The van der Waals surface area contributed by atoms with Gasteiger partial charge in [0, 0.05) is 34.1 Å². The third kappa shape index (κ3) is 3.72. The van der Waals surface area contributed by atoms with E-state index in [1.165, 1.54) is 5.56 Å². The van der Waals surface area contributed by atoms with Crippen LogP contribution in [0.15, 0.2) is 60.9 Å². The zero-order valence-electron chi connectivity index (χ0n) is 14.2. The van der Waals surface area contributed by atoms with Gasteiger partial charge in [0.15, 0.2) is 5.78 Å². The Kier molecular flexibility index (Phi) is 4.92. The van der Waals surface area contributed by atoms with Crippen molar-refractivity contribution in [2.45, 2.75) is 12.8 Å². The number of nitrogens with one attached hydrogen (secondary N) is 1. The minimum atomic E-state index is -0.170. The first-order valence-corrected chi connectivity index (χ1v) is 9.24. The monoisotopic (exact) mass is 395 g/mol. The third-order valence-corrected chi connectivity index (χ3v) is 4.97. The quantitative estimate of drug-likeness (QED) is 0.369. The average Bonchev–Trinajstić information content (AvgIpc) is 3.11. The highest BCUT2D eigenvalue weighted by molar-refractivity contribution is 6.34. The Morgan fingerprint density at radius 1 is 0.963 bits per heavy atom. The molecule has 0 bridgehead atoms. The maximum atomic E-state index is 12.9. The molecule has 3 aromatic heterocycles. The van der Waals surface area contributed by atoms with E-state index in [4.69, 9.17) is 23.2 Å². The smallest absolute Gasteiger partial charge is 0.198 e. The number of nitrogens with zero attached hydrogens (tertiary/aromatic N) is 2. The number of carbonyl (C=O) groups is 1. The van der Waals surface area contributed by atoms with E-state index in [2.05, 4.69) is 15.0 Å². The van der Waals surface area contributed by atoms with Crippen LogP contribution in [0.5, 0.6) is 0 Å². The van der Waals surface area contributed by atoms with Gasteiger partial charge >= 0.3 is 0 Å². The SMILES string of the molecule is O=C(c1ccc(CCc2ccc(Cl)cc2)nc1Cl)c1c[nH]c2ncccc12. The fourth-order valence-corrected chi connectivity index (χ4v) is 3.38. The molecule has 0 saturated carbocycles. The van der Waals surface area contributed by atoms with Crippen molar-refractivity contribution in [3.05, 3.63) is 93.5 Å². The van der Waals surface area contributed by atoms with Crippen molar-refractivity contribution < 1.29 is 4.79 Å². The van der Waals surface area contributed by atoms with Crippen LogP contribution in [0.2, 0.25) is 10.2 Å². The Balaban J connectivity index is 1.54. The lowest BCUT2D eigenvalue weighted by atomic mass is 10.0. The van der Waals surface area contributed by atoms with E-state index in [1.807, 2.05) is 36.4 Å². The van der Waals surface area contributed by atoms with Gasteiger partial charge in [0.1, 0.15) is 10.8 Å². The molecule has 6 heteroatoms. The molecular formula is C21H15Cl2N3O. The second-order valence-electron chi connectivity index (χ2n) is 6.20. The molecule has 4 rings (SSSR count). The number of aromatic amines is 1. The van der Waals surface area contributed by atoms with Gasteiger partial charge in [-0.1, -0.05) is 35.3 Å². The summed E-state index contributed by atoms with van der Waals surface area (Å²) < 4.78 is 0. The number of ketones is 1. The first-order chi connectivity index (χ1) is 13.1. The zero-order chi connectivity index (χ0) is 18.8. The first kappa shape index (κ1) is 17.7. The predicted molar refractivity (Wildman–Crippen MR) is 108 cm³/mol. The number of aromatic nitrogens is 3. The number of aryl methyl sites for hydroxylation is 2. The van der Waals surface area contributed by atoms with Gasteiger partial charge in [0.25, 0.3) is 0 Å². The molecule has 0 aliphatic rings. The zero-order valence-corrected chi connectivity index (χ0v) is 15.8. The average molecular weight is 396 g/mol. The van der Waals surface area contributed by atoms with E-state index >= 15 is 0 Å². The fourth-order valence-electron chi connectivity index (χ4n) is 2.99. The molecule has 3 heterocycles. The van der Waals surface area contributed by atoms with Crippen LogP contribution in [0.1, 0.15) is 27.2 Å². The van der Waals surface area contributed by atoms with Gasteiger partial charge in [-0.25, -0.2) is 9.97 Å². The summed E-state index contributed by atoms with van der Waals surface area (Å²) in [4.78, 5) is 24.5. The third-order valence-electron chi connectivity index (χ3n) is 4.43. The van der Waals surface area contributed by atoms with Crippen molar-refractivity contribution in [1.82, 2.24) is 15.0 Å². The topological polar surface area (TPSA) is 58.6 Å². The van der Waals surface area contributed by atoms with Crippen molar-refractivity contribution >= 4 is 40.0 Å². The van der Waals surface area contributed by atoms with Gasteiger partial charge in [0.2, 0.25) is 0 Å². The second-order valence-corrected chi connectivity index (χ2v) is 6.99. The van der Waals surface area contributed by atoms with Crippen LogP contribution in [0.25, 0.3) is 11.0 Å². The summed E-state index contributed by atoms with van der Waals surface area (Å²) >= 11 is 12.2. The summed E-state index contributed by atoms with van der Waals surface area (Å²) in [7, 11) is 0. The molecule has 134 valence electrons. The molecule has 0 aliphatic carbocycles. The molecule has 27 heavy (non-hydrogen) atoms. The predicted octanol–water partition coefficient (Wildman–Crippen LogP) is 5.28.